The number of ether oxygens (including phenoxy) is 2. The van der Waals surface area contributed by atoms with Crippen molar-refractivity contribution in [2.45, 2.75) is 51.4 Å². The van der Waals surface area contributed by atoms with Gasteiger partial charge in [0.2, 0.25) is 5.91 Å². The molecule has 2 heterocycles. The first kappa shape index (κ1) is 16.4. The van der Waals surface area contributed by atoms with Crippen molar-refractivity contribution in [3.05, 3.63) is 0 Å². The van der Waals surface area contributed by atoms with Gasteiger partial charge in [-0.25, -0.2) is 4.79 Å². The van der Waals surface area contributed by atoms with Crippen LogP contribution in [0.2, 0.25) is 0 Å². The van der Waals surface area contributed by atoms with Gasteiger partial charge in [0.25, 0.3) is 0 Å². The second-order valence-electron chi connectivity index (χ2n) is 6.35. The predicted octanol–water partition coefficient (Wildman–Crippen LogP) is 1.59. The van der Waals surface area contributed by atoms with Crippen LogP contribution in [0.5, 0.6) is 0 Å². The normalized spacial score (nSPS) is 26.0. The molecule has 2 amide bonds. The van der Waals surface area contributed by atoms with E-state index >= 15 is 0 Å². The molecule has 2 aliphatic heterocycles. The third kappa shape index (κ3) is 4.78. The summed E-state index contributed by atoms with van der Waals surface area (Å²) in [4.78, 5) is 25.9. The van der Waals surface area contributed by atoms with Crippen molar-refractivity contribution in [3.8, 4) is 0 Å². The zero-order chi connectivity index (χ0) is 15.5. The van der Waals surface area contributed by atoms with Crippen molar-refractivity contribution in [2.24, 2.45) is 0 Å². The van der Waals surface area contributed by atoms with Crippen LogP contribution in [0.3, 0.4) is 0 Å². The highest BCUT2D eigenvalue weighted by Gasteiger charge is 2.37. The second kappa shape index (κ2) is 6.87. The summed E-state index contributed by atoms with van der Waals surface area (Å²) in [5.41, 5.74) is -0.553. The monoisotopic (exact) mass is 316 g/mol. The number of carbonyl (C=O) groups excluding carboxylic acids is 2. The van der Waals surface area contributed by atoms with Gasteiger partial charge in [-0.1, -0.05) is 0 Å². The van der Waals surface area contributed by atoms with Crippen LogP contribution in [0, 0.1) is 0 Å². The summed E-state index contributed by atoms with van der Waals surface area (Å²) >= 11 is 1.56. The SMILES string of the molecule is CC(C)(C)OC(=O)N1CSC[C@@H]1C(=O)NC[C@H]1CCCO1. The zero-order valence-electron chi connectivity index (χ0n) is 12.9. The van der Waals surface area contributed by atoms with Crippen LogP contribution in [-0.2, 0) is 14.3 Å². The Morgan fingerprint density at radius 3 is 2.81 bits per heavy atom. The molecule has 0 bridgehead atoms. The van der Waals surface area contributed by atoms with Crippen molar-refractivity contribution in [1.82, 2.24) is 10.2 Å². The topological polar surface area (TPSA) is 67.9 Å². The molecule has 2 fully saturated rings. The highest BCUT2D eigenvalue weighted by Crippen LogP contribution is 2.23. The molecule has 2 rings (SSSR count). The number of carbonyl (C=O) groups is 2. The summed E-state index contributed by atoms with van der Waals surface area (Å²) in [6.45, 7) is 6.74. The van der Waals surface area contributed by atoms with Gasteiger partial charge in [-0.05, 0) is 33.6 Å². The smallest absolute Gasteiger partial charge is 0.411 e. The van der Waals surface area contributed by atoms with Crippen molar-refractivity contribution < 1.29 is 19.1 Å². The molecule has 0 spiro atoms. The van der Waals surface area contributed by atoms with Crippen LogP contribution in [-0.4, -0.2) is 59.4 Å². The first-order chi connectivity index (χ1) is 9.87. The molecule has 1 N–H and O–H groups in total. The summed E-state index contributed by atoms with van der Waals surface area (Å²) in [5.74, 6) is 0.977. The molecule has 120 valence electrons. The molecule has 2 atom stereocenters. The van der Waals surface area contributed by atoms with Crippen molar-refractivity contribution in [2.75, 3.05) is 24.8 Å². The molecule has 0 unspecified atom stereocenters. The fraction of sp³-hybridized carbons (Fsp3) is 0.857. The minimum Gasteiger partial charge on any atom is -0.444 e. The zero-order valence-corrected chi connectivity index (χ0v) is 13.7. The van der Waals surface area contributed by atoms with Crippen molar-refractivity contribution >= 4 is 23.8 Å². The first-order valence-electron chi connectivity index (χ1n) is 7.33. The predicted molar refractivity (Wildman–Crippen MR) is 81.2 cm³/mol. The van der Waals surface area contributed by atoms with Gasteiger partial charge in [-0.2, -0.15) is 0 Å². The van der Waals surface area contributed by atoms with E-state index < -0.39 is 17.7 Å². The van der Waals surface area contributed by atoms with Gasteiger partial charge in [-0.15, -0.1) is 11.8 Å². The van der Waals surface area contributed by atoms with E-state index in [2.05, 4.69) is 5.32 Å². The van der Waals surface area contributed by atoms with Gasteiger partial charge >= 0.3 is 6.09 Å². The van der Waals surface area contributed by atoms with E-state index in [1.54, 1.807) is 11.8 Å². The van der Waals surface area contributed by atoms with Crippen LogP contribution in [0.4, 0.5) is 4.79 Å². The van der Waals surface area contributed by atoms with Gasteiger partial charge < -0.3 is 14.8 Å². The molecule has 21 heavy (non-hydrogen) atoms. The molecule has 0 aliphatic carbocycles. The van der Waals surface area contributed by atoms with E-state index in [1.807, 2.05) is 20.8 Å². The van der Waals surface area contributed by atoms with Gasteiger partial charge in [0.1, 0.15) is 11.6 Å². The number of nitrogens with one attached hydrogen (secondary N) is 1. The van der Waals surface area contributed by atoms with Gasteiger partial charge in [0.05, 0.1) is 12.0 Å². The average molecular weight is 316 g/mol. The highest BCUT2D eigenvalue weighted by atomic mass is 32.2. The minimum atomic E-state index is -0.553. The number of hydrogen-bond acceptors (Lipinski definition) is 5. The maximum absolute atomic E-state index is 12.3. The lowest BCUT2D eigenvalue weighted by Gasteiger charge is -2.27. The minimum absolute atomic E-state index is 0.109. The summed E-state index contributed by atoms with van der Waals surface area (Å²) in [5, 5.41) is 2.89. The van der Waals surface area contributed by atoms with E-state index in [-0.39, 0.29) is 12.0 Å². The number of nitrogens with zero attached hydrogens (tertiary/aromatic N) is 1. The Hall–Kier alpha value is -0.950. The first-order valence-corrected chi connectivity index (χ1v) is 8.49. The Labute approximate surface area is 129 Å². The van der Waals surface area contributed by atoms with Crippen LogP contribution in [0.1, 0.15) is 33.6 Å². The van der Waals surface area contributed by atoms with E-state index in [0.717, 1.165) is 19.4 Å². The quantitative estimate of drug-likeness (QED) is 0.856. The van der Waals surface area contributed by atoms with Crippen molar-refractivity contribution in [3.63, 3.8) is 0 Å². The molecule has 7 heteroatoms. The summed E-state index contributed by atoms with van der Waals surface area (Å²) < 4.78 is 10.8. The lowest BCUT2D eigenvalue weighted by atomic mass is 10.2. The molecular formula is C14H24N2O4S. The highest BCUT2D eigenvalue weighted by molar-refractivity contribution is 7.99. The van der Waals surface area contributed by atoms with E-state index in [0.29, 0.717) is 18.2 Å². The summed E-state index contributed by atoms with van der Waals surface area (Å²) in [6, 6.07) is -0.453. The Kier molecular flexibility index (Phi) is 5.37. The van der Waals surface area contributed by atoms with Crippen LogP contribution < -0.4 is 5.32 Å². The number of amides is 2. The fourth-order valence-electron chi connectivity index (χ4n) is 2.30. The molecular weight excluding hydrogens is 292 g/mol. The van der Waals surface area contributed by atoms with Gasteiger partial charge in [-0.3, -0.25) is 9.69 Å². The fourth-order valence-corrected chi connectivity index (χ4v) is 3.44. The molecule has 0 aromatic carbocycles. The molecule has 2 saturated heterocycles. The van der Waals surface area contributed by atoms with E-state index in [4.69, 9.17) is 9.47 Å². The molecule has 0 saturated carbocycles. The van der Waals surface area contributed by atoms with E-state index in [9.17, 15) is 9.59 Å². The summed E-state index contributed by atoms with van der Waals surface area (Å²) in [7, 11) is 0. The number of rotatable bonds is 3. The van der Waals surface area contributed by atoms with Crippen LogP contribution in [0.15, 0.2) is 0 Å². The lowest BCUT2D eigenvalue weighted by molar-refractivity contribution is -0.125. The molecule has 0 aromatic heterocycles. The second-order valence-corrected chi connectivity index (χ2v) is 7.35. The molecule has 0 radical (unpaired) electrons. The maximum atomic E-state index is 12.3. The van der Waals surface area contributed by atoms with Gasteiger partial charge in [0.15, 0.2) is 0 Å². The Morgan fingerprint density at radius 1 is 1.43 bits per heavy atom. The summed E-state index contributed by atoms with van der Waals surface area (Å²) in [6.07, 6.45) is 1.71. The van der Waals surface area contributed by atoms with Gasteiger partial charge in [0, 0.05) is 18.9 Å². The van der Waals surface area contributed by atoms with Crippen LogP contribution >= 0.6 is 11.8 Å². The Bertz CT molecular complexity index is 391. The average Bonchev–Trinajstić information content (AvgIpc) is 3.05. The largest absolute Gasteiger partial charge is 0.444 e. The Balaban J connectivity index is 1.85. The lowest BCUT2D eigenvalue weighted by Crippen LogP contribution is -2.49. The molecule has 2 aliphatic rings. The Morgan fingerprint density at radius 2 is 2.19 bits per heavy atom. The molecule has 0 aromatic rings. The third-order valence-electron chi connectivity index (χ3n) is 3.34. The third-order valence-corrected chi connectivity index (χ3v) is 4.35. The van der Waals surface area contributed by atoms with Crippen molar-refractivity contribution in [1.29, 1.82) is 0 Å². The number of hydrogen-bond donors (Lipinski definition) is 1. The molecule has 6 nitrogen and oxygen atoms in total. The standard InChI is InChI=1S/C14H24N2O4S/c1-14(2,3)20-13(18)16-9-21-8-11(16)12(17)15-7-10-5-4-6-19-10/h10-11H,4-9H2,1-3H3,(H,15,17)/t10-,11-/m1/s1. The van der Waals surface area contributed by atoms with Crippen LogP contribution in [0.25, 0.3) is 0 Å². The maximum Gasteiger partial charge on any atom is 0.411 e. The van der Waals surface area contributed by atoms with E-state index in [1.165, 1.54) is 4.90 Å². The number of thioether (sulfide) groups is 1.